The zero-order valence-electron chi connectivity index (χ0n) is 26.7. The molecule has 1 N–H and O–H groups in total. The molecular weight excluding hydrogens is 622 g/mol. The predicted octanol–water partition coefficient (Wildman–Crippen LogP) is 6.41. The van der Waals surface area contributed by atoms with E-state index in [0.29, 0.717) is 10.6 Å². The van der Waals surface area contributed by atoms with Crippen LogP contribution in [0.3, 0.4) is 0 Å². The fraction of sp³-hybridized carbons (Fsp3) is 0.278. The Kier molecular flexibility index (Phi) is 11.1. The van der Waals surface area contributed by atoms with Crippen LogP contribution in [0.2, 0.25) is 5.02 Å². The highest BCUT2D eigenvalue weighted by Gasteiger charge is 2.36. The minimum absolute atomic E-state index is 0.0127. The molecule has 0 heterocycles. The van der Waals surface area contributed by atoms with Crippen molar-refractivity contribution in [2.75, 3.05) is 18.0 Å². The topological polar surface area (TPSA) is 96.0 Å². The monoisotopic (exact) mass is 661 g/mol. The first kappa shape index (κ1) is 34.5. The molecule has 8 nitrogen and oxygen atoms in total. The number of nitrogens with one attached hydrogen (secondary N) is 1. The van der Waals surface area contributed by atoms with Gasteiger partial charge < -0.3 is 15.0 Å². The Bertz CT molecular complexity index is 1760. The number of carbonyl (C=O) groups excluding carboxylic acids is 2. The maximum atomic E-state index is 14.6. The van der Waals surface area contributed by atoms with E-state index in [2.05, 4.69) is 5.32 Å². The van der Waals surface area contributed by atoms with E-state index in [9.17, 15) is 18.0 Å². The van der Waals surface area contributed by atoms with Gasteiger partial charge in [-0.25, -0.2) is 8.42 Å². The van der Waals surface area contributed by atoms with Crippen molar-refractivity contribution in [3.63, 3.8) is 0 Å². The molecule has 1 atom stereocenters. The highest BCUT2D eigenvalue weighted by atomic mass is 35.5. The van der Waals surface area contributed by atoms with Crippen LogP contribution in [0.25, 0.3) is 0 Å². The second-order valence-electron chi connectivity index (χ2n) is 12.1. The number of carbonyl (C=O) groups is 2. The molecule has 242 valence electrons. The van der Waals surface area contributed by atoms with Gasteiger partial charge in [0.15, 0.2) is 0 Å². The Labute approximate surface area is 277 Å². The van der Waals surface area contributed by atoms with Crippen LogP contribution in [0, 0.1) is 6.92 Å². The van der Waals surface area contributed by atoms with Gasteiger partial charge in [0.1, 0.15) is 18.3 Å². The van der Waals surface area contributed by atoms with Crippen molar-refractivity contribution in [1.82, 2.24) is 10.2 Å². The highest BCUT2D eigenvalue weighted by molar-refractivity contribution is 7.92. The van der Waals surface area contributed by atoms with Gasteiger partial charge in [0.05, 0.1) is 17.7 Å². The van der Waals surface area contributed by atoms with Gasteiger partial charge in [0.25, 0.3) is 10.0 Å². The van der Waals surface area contributed by atoms with Crippen LogP contribution in [0.15, 0.2) is 108 Å². The molecule has 0 aliphatic carbocycles. The van der Waals surface area contributed by atoms with E-state index in [-0.39, 0.29) is 35.2 Å². The van der Waals surface area contributed by atoms with Crippen LogP contribution in [-0.2, 0) is 32.6 Å². The predicted molar refractivity (Wildman–Crippen MR) is 183 cm³/mol. The molecule has 0 bridgehead atoms. The Morgan fingerprint density at radius 1 is 0.870 bits per heavy atom. The maximum absolute atomic E-state index is 14.6. The lowest BCUT2D eigenvalue weighted by Crippen LogP contribution is -2.56. The van der Waals surface area contributed by atoms with E-state index in [4.69, 9.17) is 16.3 Å². The van der Waals surface area contributed by atoms with Crippen molar-refractivity contribution in [3.8, 4) is 5.75 Å². The molecule has 0 aromatic heterocycles. The van der Waals surface area contributed by atoms with Crippen LogP contribution >= 0.6 is 11.6 Å². The molecule has 2 amide bonds. The molecule has 0 saturated carbocycles. The lowest BCUT2D eigenvalue weighted by Gasteiger charge is -2.35. The molecule has 4 rings (SSSR count). The van der Waals surface area contributed by atoms with Crippen molar-refractivity contribution in [3.05, 3.63) is 125 Å². The molecule has 0 unspecified atom stereocenters. The van der Waals surface area contributed by atoms with E-state index < -0.39 is 34.1 Å². The third kappa shape index (κ3) is 8.89. The Morgan fingerprint density at radius 2 is 1.50 bits per heavy atom. The number of hydrogen-bond donors (Lipinski definition) is 1. The van der Waals surface area contributed by atoms with Crippen molar-refractivity contribution >= 4 is 39.1 Å². The molecule has 10 heteroatoms. The summed E-state index contributed by atoms with van der Waals surface area (Å²) < 4.78 is 35.1. The lowest BCUT2D eigenvalue weighted by molar-refractivity contribution is -0.140. The summed E-state index contributed by atoms with van der Waals surface area (Å²) in [5.74, 6) is -0.665. The van der Waals surface area contributed by atoms with E-state index >= 15 is 0 Å². The highest BCUT2D eigenvalue weighted by Crippen LogP contribution is 2.33. The molecule has 4 aromatic carbocycles. The number of nitrogens with zero attached hydrogens (tertiary/aromatic N) is 2. The molecule has 0 aliphatic heterocycles. The van der Waals surface area contributed by atoms with Crippen LogP contribution in [0.5, 0.6) is 5.75 Å². The van der Waals surface area contributed by atoms with Crippen LogP contribution in [-0.4, -0.2) is 50.4 Å². The van der Waals surface area contributed by atoms with E-state index in [1.165, 1.54) is 24.1 Å². The van der Waals surface area contributed by atoms with Gasteiger partial charge >= 0.3 is 0 Å². The first-order valence-corrected chi connectivity index (χ1v) is 16.7. The number of benzene rings is 4. The van der Waals surface area contributed by atoms with Crippen LogP contribution < -0.4 is 14.4 Å². The molecule has 0 aliphatic rings. The standard InChI is InChI=1S/C36H40ClN3O5S/c1-26-18-20-30(21-19-26)46(43,44)40(31-16-9-10-17-33(31)45-5)25-34(41)39(24-28-14-11-15-29(37)22-28)32(35(42)38-36(2,3)4)23-27-12-7-6-8-13-27/h6-22,32H,23-25H2,1-5H3,(H,38,42)/t32-/m1/s1. The first-order valence-electron chi connectivity index (χ1n) is 14.9. The maximum Gasteiger partial charge on any atom is 0.264 e. The molecule has 4 aromatic rings. The van der Waals surface area contributed by atoms with E-state index in [1.54, 1.807) is 54.6 Å². The first-order chi connectivity index (χ1) is 21.8. The third-order valence-corrected chi connectivity index (χ3v) is 9.26. The molecule has 46 heavy (non-hydrogen) atoms. The fourth-order valence-electron chi connectivity index (χ4n) is 5.03. The molecule has 0 radical (unpaired) electrons. The summed E-state index contributed by atoms with van der Waals surface area (Å²) in [5, 5.41) is 3.50. The Morgan fingerprint density at radius 3 is 2.13 bits per heavy atom. The average Bonchev–Trinajstić information content (AvgIpc) is 3.01. The number of amides is 2. The number of ether oxygens (including phenoxy) is 1. The number of methoxy groups -OCH3 is 1. The molecular formula is C36H40ClN3O5S. The average molecular weight is 662 g/mol. The molecule has 0 spiro atoms. The fourth-order valence-corrected chi connectivity index (χ4v) is 6.66. The second-order valence-corrected chi connectivity index (χ2v) is 14.4. The SMILES string of the molecule is COc1ccccc1N(CC(=O)N(Cc1cccc(Cl)c1)[C@H](Cc1ccccc1)C(=O)NC(C)(C)C)S(=O)(=O)c1ccc(C)cc1. The summed E-state index contributed by atoms with van der Waals surface area (Å²) in [6, 6.07) is 28.5. The van der Waals surface area contributed by atoms with E-state index in [1.807, 2.05) is 64.1 Å². The summed E-state index contributed by atoms with van der Waals surface area (Å²) in [7, 11) is -2.82. The van der Waals surface area contributed by atoms with Gasteiger partial charge in [0, 0.05) is 23.5 Å². The largest absolute Gasteiger partial charge is 0.495 e. The van der Waals surface area contributed by atoms with Gasteiger partial charge in [-0.3, -0.25) is 13.9 Å². The summed E-state index contributed by atoms with van der Waals surface area (Å²) in [6.45, 7) is 6.88. The molecule has 0 saturated heterocycles. The normalized spacial score (nSPS) is 12.2. The smallest absolute Gasteiger partial charge is 0.264 e. The number of anilines is 1. The van der Waals surface area contributed by atoms with Crippen molar-refractivity contribution in [2.24, 2.45) is 0 Å². The van der Waals surface area contributed by atoms with E-state index in [0.717, 1.165) is 15.4 Å². The molecule has 0 fully saturated rings. The van der Waals surface area contributed by atoms with Gasteiger partial charge in [-0.1, -0.05) is 83.9 Å². The zero-order valence-corrected chi connectivity index (χ0v) is 28.3. The van der Waals surface area contributed by atoms with Crippen molar-refractivity contribution < 1.29 is 22.7 Å². The minimum atomic E-state index is -4.26. The number of aryl methyl sites for hydroxylation is 1. The zero-order chi connectivity index (χ0) is 33.5. The Balaban J connectivity index is 1.85. The van der Waals surface area contributed by atoms with Gasteiger partial charge in [-0.15, -0.1) is 0 Å². The third-order valence-electron chi connectivity index (χ3n) is 7.25. The summed E-state index contributed by atoms with van der Waals surface area (Å²) in [6.07, 6.45) is 0.203. The summed E-state index contributed by atoms with van der Waals surface area (Å²) in [5.41, 5.74) is 2.03. The number of rotatable bonds is 12. The van der Waals surface area contributed by atoms with Crippen molar-refractivity contribution in [1.29, 1.82) is 0 Å². The van der Waals surface area contributed by atoms with Gasteiger partial charge in [-0.2, -0.15) is 0 Å². The summed E-state index contributed by atoms with van der Waals surface area (Å²) >= 11 is 6.32. The number of para-hydroxylation sites is 2. The van der Waals surface area contributed by atoms with Crippen LogP contribution in [0.4, 0.5) is 5.69 Å². The number of hydrogen-bond acceptors (Lipinski definition) is 5. The number of sulfonamides is 1. The van der Waals surface area contributed by atoms with Crippen LogP contribution in [0.1, 0.15) is 37.5 Å². The number of halogens is 1. The van der Waals surface area contributed by atoms with Crippen molar-refractivity contribution in [2.45, 2.75) is 57.1 Å². The summed E-state index contributed by atoms with van der Waals surface area (Å²) in [4.78, 5) is 30.1. The van der Waals surface area contributed by atoms with Gasteiger partial charge in [0.2, 0.25) is 11.8 Å². The Hall–Kier alpha value is -4.34. The minimum Gasteiger partial charge on any atom is -0.495 e. The lowest BCUT2D eigenvalue weighted by atomic mass is 10.0. The second kappa shape index (κ2) is 14.8. The quantitative estimate of drug-likeness (QED) is 0.189. The van der Waals surface area contributed by atoms with Gasteiger partial charge in [-0.05, 0) is 75.2 Å².